The monoisotopic (exact) mass is 646 g/mol. The molecule has 9 rings (SSSR count). The molecule has 238 valence electrons. The Balaban J connectivity index is 0.000000653. The molecular weight excluding hydrogens is 615 g/mol. The standard InChI is InChI=1S/C44H31.BF4/c1-5-13-37-29-21-30(38(37)14-6-1)26-32-23-34(42-18-10-3-8-16-40(32)42)28-36-24-35(43-19-11-4-12-20-44(36)43)27-33-22-31(25-29)39-15-7-2-9-17-41(33)39;2-1(3,4)5/h1-25H,26-28H2;/q+1;-1/b29-25+;. The topological polar surface area (TPSA) is 0 Å². The van der Waals surface area contributed by atoms with Crippen LogP contribution in [0, 0.1) is 0 Å². The van der Waals surface area contributed by atoms with Crippen LogP contribution in [0.3, 0.4) is 0 Å². The van der Waals surface area contributed by atoms with Crippen molar-refractivity contribution in [3.05, 3.63) is 190 Å². The first-order valence-corrected chi connectivity index (χ1v) is 16.5. The van der Waals surface area contributed by atoms with Crippen LogP contribution in [0.25, 0.3) is 50.6 Å². The minimum Gasteiger partial charge on any atom is -0.418 e. The van der Waals surface area contributed by atoms with Gasteiger partial charge in [-0.2, -0.15) is 0 Å². The van der Waals surface area contributed by atoms with Crippen LogP contribution in [-0.2, 0) is 19.3 Å². The summed E-state index contributed by atoms with van der Waals surface area (Å²) in [5.41, 5.74) is 21.7. The largest absolute Gasteiger partial charge is 0.673 e. The van der Waals surface area contributed by atoms with Gasteiger partial charge in [0.15, 0.2) is 0 Å². The molecule has 8 aliphatic carbocycles. The van der Waals surface area contributed by atoms with Crippen molar-refractivity contribution in [2.75, 3.05) is 0 Å². The molecule has 0 N–H and O–H groups in total. The Morgan fingerprint density at radius 2 is 0.857 bits per heavy atom. The number of rotatable bonds is 0. The molecule has 0 aliphatic heterocycles. The molecule has 8 bridgehead atoms. The summed E-state index contributed by atoms with van der Waals surface area (Å²) in [7, 11) is -6.00. The summed E-state index contributed by atoms with van der Waals surface area (Å²) in [6, 6.07) is 51.9. The Hall–Kier alpha value is -5.55. The van der Waals surface area contributed by atoms with Gasteiger partial charge in [0.05, 0.1) is 17.2 Å². The predicted molar refractivity (Wildman–Crippen MR) is 195 cm³/mol. The lowest BCUT2D eigenvalue weighted by molar-refractivity contribution is 0.368. The predicted octanol–water partition coefficient (Wildman–Crippen LogP) is 12.3. The van der Waals surface area contributed by atoms with Crippen molar-refractivity contribution >= 4 is 24.5 Å². The molecule has 0 saturated heterocycles. The fraction of sp³-hybridized carbons (Fsp3) is 0.0682. The van der Waals surface area contributed by atoms with Crippen molar-refractivity contribution in [3.63, 3.8) is 0 Å². The highest BCUT2D eigenvalue weighted by Gasteiger charge is 2.27. The second kappa shape index (κ2) is 12.5. The van der Waals surface area contributed by atoms with Gasteiger partial charge in [-0.15, -0.1) is 0 Å². The third kappa shape index (κ3) is 6.13. The Labute approximate surface area is 283 Å². The molecule has 8 aliphatic rings. The summed E-state index contributed by atoms with van der Waals surface area (Å²) in [5, 5.41) is 0. The van der Waals surface area contributed by atoms with E-state index in [1.165, 1.54) is 89.0 Å². The first-order valence-electron chi connectivity index (χ1n) is 16.5. The second-order valence-corrected chi connectivity index (χ2v) is 12.8. The van der Waals surface area contributed by atoms with E-state index < -0.39 is 7.25 Å². The third-order valence-corrected chi connectivity index (χ3v) is 9.66. The molecule has 0 fully saturated rings. The molecule has 0 radical (unpaired) electrons. The molecule has 0 aromatic heterocycles. The minimum atomic E-state index is -6.00. The maximum atomic E-state index is 9.75. The van der Waals surface area contributed by atoms with Crippen molar-refractivity contribution in [2.45, 2.75) is 19.3 Å². The number of hydrogen-bond acceptors (Lipinski definition) is 0. The van der Waals surface area contributed by atoms with E-state index in [-0.39, 0.29) is 0 Å². The van der Waals surface area contributed by atoms with E-state index in [1.807, 2.05) is 0 Å². The fourth-order valence-corrected chi connectivity index (χ4v) is 7.69. The molecule has 0 heterocycles. The van der Waals surface area contributed by atoms with Crippen LogP contribution in [0.2, 0.25) is 0 Å². The van der Waals surface area contributed by atoms with Crippen LogP contribution in [0.15, 0.2) is 146 Å². The van der Waals surface area contributed by atoms with Gasteiger partial charge in [-0.3, -0.25) is 0 Å². The minimum absolute atomic E-state index is 0.902. The van der Waals surface area contributed by atoms with Crippen molar-refractivity contribution in [3.8, 4) is 33.4 Å². The SMILES string of the molecule is C1=C2Cc3cc(c4cccccc3-4)Cc3cc(c4cccccc3-4)Cc3cc(c4cccccc3-4)/C=C\1c1ccc[cH+]cc12.F[B-](F)(F)F. The number of hydrogen-bond donors (Lipinski definition) is 0. The number of fused-ring (bicyclic) bond motifs is 19. The van der Waals surface area contributed by atoms with Gasteiger partial charge in [-0.1, -0.05) is 109 Å². The van der Waals surface area contributed by atoms with E-state index in [9.17, 15) is 17.3 Å². The van der Waals surface area contributed by atoms with E-state index in [0.29, 0.717) is 0 Å². The van der Waals surface area contributed by atoms with Crippen molar-refractivity contribution in [2.24, 2.45) is 0 Å². The van der Waals surface area contributed by atoms with Crippen LogP contribution in [-0.4, -0.2) is 7.25 Å². The highest BCUT2D eigenvalue weighted by molar-refractivity contribution is 6.50. The maximum Gasteiger partial charge on any atom is 0.673 e. The molecule has 0 saturated carbocycles. The number of allylic oxidation sites excluding steroid dienone is 3. The van der Waals surface area contributed by atoms with E-state index in [0.717, 1.165) is 19.3 Å². The maximum absolute atomic E-state index is 9.75. The van der Waals surface area contributed by atoms with Crippen LogP contribution < -0.4 is 0 Å². The van der Waals surface area contributed by atoms with E-state index >= 15 is 0 Å². The van der Waals surface area contributed by atoms with Crippen molar-refractivity contribution < 1.29 is 17.3 Å². The van der Waals surface area contributed by atoms with E-state index in [1.54, 1.807) is 0 Å². The van der Waals surface area contributed by atoms with Gasteiger partial charge in [0, 0.05) is 36.3 Å². The van der Waals surface area contributed by atoms with Gasteiger partial charge >= 0.3 is 7.25 Å². The van der Waals surface area contributed by atoms with Crippen molar-refractivity contribution in [1.29, 1.82) is 0 Å². The highest BCUT2D eigenvalue weighted by Crippen LogP contribution is 2.45. The lowest BCUT2D eigenvalue weighted by atomic mass is 9.98. The Kier molecular flexibility index (Phi) is 7.84. The molecule has 49 heavy (non-hydrogen) atoms. The normalized spacial score (nSPS) is 14.8. The van der Waals surface area contributed by atoms with Crippen LogP contribution in [0.1, 0.15) is 44.5 Å². The quantitative estimate of drug-likeness (QED) is 0.0874. The zero-order chi connectivity index (χ0) is 33.5. The van der Waals surface area contributed by atoms with Crippen molar-refractivity contribution in [1.82, 2.24) is 0 Å². The molecule has 0 unspecified atom stereocenters. The van der Waals surface area contributed by atoms with Gasteiger partial charge in [-0.25, -0.2) is 0 Å². The smallest absolute Gasteiger partial charge is 0.418 e. The summed E-state index contributed by atoms with van der Waals surface area (Å²) in [5.74, 6) is 0. The molecule has 5 heteroatoms. The fourth-order valence-electron chi connectivity index (χ4n) is 7.69. The molecule has 0 nitrogen and oxygen atoms in total. The van der Waals surface area contributed by atoms with Crippen LogP contribution >= 0.6 is 0 Å². The average molecular weight is 647 g/mol. The second-order valence-electron chi connectivity index (χ2n) is 12.8. The Bertz CT molecular complexity index is 2310. The third-order valence-electron chi connectivity index (χ3n) is 9.66. The molecule has 0 spiro atoms. The van der Waals surface area contributed by atoms with E-state index in [4.69, 9.17) is 0 Å². The van der Waals surface area contributed by atoms with Crippen LogP contribution in [0.5, 0.6) is 0 Å². The van der Waals surface area contributed by atoms with Crippen LogP contribution in [0.4, 0.5) is 17.3 Å². The summed E-state index contributed by atoms with van der Waals surface area (Å²) < 4.78 is 39.0. The zero-order valence-electron chi connectivity index (χ0n) is 26.6. The Morgan fingerprint density at radius 1 is 0.429 bits per heavy atom. The summed E-state index contributed by atoms with van der Waals surface area (Å²) >= 11 is 0. The first-order chi connectivity index (χ1) is 23.8. The summed E-state index contributed by atoms with van der Waals surface area (Å²) in [4.78, 5) is 0. The van der Waals surface area contributed by atoms with Gasteiger partial charge in [0.2, 0.25) is 0 Å². The number of halogens is 4. The molecule has 0 atom stereocenters. The summed E-state index contributed by atoms with van der Waals surface area (Å²) in [6.07, 6.45) is 7.58. The summed E-state index contributed by atoms with van der Waals surface area (Å²) in [6.45, 7) is 0. The molecule has 0 amide bonds. The average Bonchev–Trinajstić information content (AvgIpc) is 3.43. The van der Waals surface area contributed by atoms with Gasteiger partial charge in [-0.05, 0) is 97.3 Å². The molecule has 1 aromatic rings. The van der Waals surface area contributed by atoms with Gasteiger partial charge < -0.3 is 17.3 Å². The van der Waals surface area contributed by atoms with E-state index in [2.05, 4.69) is 152 Å². The molecular formula is C44H31BF4. The van der Waals surface area contributed by atoms with Gasteiger partial charge in [0.1, 0.15) is 0 Å². The lowest BCUT2D eigenvalue weighted by Gasteiger charge is -2.05. The van der Waals surface area contributed by atoms with Gasteiger partial charge in [0.25, 0.3) is 0 Å². The highest BCUT2D eigenvalue weighted by atomic mass is 19.5. The lowest BCUT2D eigenvalue weighted by Crippen LogP contribution is -2.02. The molecule has 1 aromatic carbocycles. The Morgan fingerprint density at radius 3 is 1.39 bits per heavy atom. The zero-order valence-corrected chi connectivity index (χ0v) is 26.6. The first kappa shape index (κ1) is 30.8.